The Hall–Kier alpha value is -1.83. The molecule has 5 nitrogen and oxygen atoms in total. The van der Waals surface area contributed by atoms with Crippen LogP contribution in [0.5, 0.6) is 5.75 Å². The first kappa shape index (κ1) is 20.5. The SMILES string of the molecule is CCNC(=NCCOc1cccnc1)N1CCC(c2ccccc2)C1.I. The van der Waals surface area contributed by atoms with E-state index in [0.29, 0.717) is 19.1 Å². The number of likely N-dealkylation sites (tertiary alicyclic amines) is 1. The molecular formula is C20H27IN4O. The van der Waals surface area contributed by atoms with Crippen molar-refractivity contribution in [3.8, 4) is 5.75 Å². The highest BCUT2D eigenvalue weighted by Gasteiger charge is 2.25. The summed E-state index contributed by atoms with van der Waals surface area (Å²) < 4.78 is 5.67. The van der Waals surface area contributed by atoms with Crippen LogP contribution in [-0.4, -0.2) is 48.6 Å². The first-order valence-corrected chi connectivity index (χ1v) is 8.98. The van der Waals surface area contributed by atoms with Gasteiger partial charge >= 0.3 is 0 Å². The molecule has 0 radical (unpaired) electrons. The summed E-state index contributed by atoms with van der Waals surface area (Å²) in [6, 6.07) is 14.5. The Morgan fingerprint density at radius 3 is 2.85 bits per heavy atom. The largest absolute Gasteiger partial charge is 0.490 e. The second kappa shape index (κ2) is 11.0. The number of nitrogens with one attached hydrogen (secondary N) is 1. The highest BCUT2D eigenvalue weighted by Crippen LogP contribution is 2.26. The minimum absolute atomic E-state index is 0. The van der Waals surface area contributed by atoms with Crippen molar-refractivity contribution < 1.29 is 4.74 Å². The van der Waals surface area contributed by atoms with Gasteiger partial charge < -0.3 is 15.0 Å². The van der Waals surface area contributed by atoms with Crippen molar-refractivity contribution in [3.05, 3.63) is 60.4 Å². The number of rotatable bonds is 6. The molecule has 0 bridgehead atoms. The number of aliphatic imine (C=N–C) groups is 1. The summed E-state index contributed by atoms with van der Waals surface area (Å²) in [6.07, 6.45) is 4.63. The van der Waals surface area contributed by atoms with Crippen LogP contribution in [0.4, 0.5) is 0 Å². The monoisotopic (exact) mass is 466 g/mol. The molecule has 3 rings (SSSR count). The lowest BCUT2D eigenvalue weighted by Crippen LogP contribution is -2.40. The molecule has 1 atom stereocenters. The van der Waals surface area contributed by atoms with Crippen LogP contribution in [0.3, 0.4) is 0 Å². The van der Waals surface area contributed by atoms with E-state index in [4.69, 9.17) is 9.73 Å². The minimum atomic E-state index is 0. The predicted octanol–water partition coefficient (Wildman–Crippen LogP) is 3.53. The van der Waals surface area contributed by atoms with E-state index in [1.807, 2.05) is 12.1 Å². The van der Waals surface area contributed by atoms with Crippen molar-refractivity contribution in [1.82, 2.24) is 15.2 Å². The van der Waals surface area contributed by atoms with Gasteiger partial charge in [-0.2, -0.15) is 0 Å². The molecule has 0 saturated carbocycles. The van der Waals surface area contributed by atoms with Gasteiger partial charge in [0, 0.05) is 31.7 Å². The fraction of sp³-hybridized carbons (Fsp3) is 0.400. The normalized spacial score (nSPS) is 16.9. The highest BCUT2D eigenvalue weighted by atomic mass is 127. The van der Waals surface area contributed by atoms with Gasteiger partial charge in [-0.1, -0.05) is 30.3 Å². The lowest BCUT2D eigenvalue weighted by Gasteiger charge is -2.21. The molecule has 0 amide bonds. The number of hydrogen-bond acceptors (Lipinski definition) is 3. The number of aromatic nitrogens is 1. The van der Waals surface area contributed by atoms with E-state index in [1.165, 1.54) is 12.0 Å². The zero-order valence-corrected chi connectivity index (χ0v) is 17.5. The molecule has 2 aromatic rings. The topological polar surface area (TPSA) is 49.8 Å². The number of nitrogens with zero attached hydrogens (tertiary/aromatic N) is 3. The molecule has 6 heteroatoms. The summed E-state index contributed by atoms with van der Waals surface area (Å²) in [5.41, 5.74) is 1.42. The van der Waals surface area contributed by atoms with Crippen molar-refractivity contribution >= 4 is 29.9 Å². The van der Waals surface area contributed by atoms with E-state index in [1.54, 1.807) is 12.4 Å². The molecule has 1 aliphatic rings. The van der Waals surface area contributed by atoms with Crippen LogP contribution < -0.4 is 10.1 Å². The van der Waals surface area contributed by atoms with E-state index >= 15 is 0 Å². The molecular weight excluding hydrogens is 439 g/mol. The second-order valence-corrected chi connectivity index (χ2v) is 6.12. The van der Waals surface area contributed by atoms with Crippen molar-refractivity contribution in [2.45, 2.75) is 19.3 Å². The first-order chi connectivity index (χ1) is 12.4. The maximum Gasteiger partial charge on any atom is 0.194 e. The molecule has 26 heavy (non-hydrogen) atoms. The van der Waals surface area contributed by atoms with Gasteiger partial charge in [-0.3, -0.25) is 4.98 Å². The Morgan fingerprint density at radius 2 is 2.12 bits per heavy atom. The summed E-state index contributed by atoms with van der Waals surface area (Å²) in [4.78, 5) is 11.1. The van der Waals surface area contributed by atoms with E-state index in [9.17, 15) is 0 Å². The Bertz CT molecular complexity index is 666. The van der Waals surface area contributed by atoms with Crippen LogP contribution in [0.15, 0.2) is 59.9 Å². The zero-order chi connectivity index (χ0) is 17.3. The van der Waals surface area contributed by atoms with Crippen LogP contribution in [0, 0.1) is 0 Å². The van der Waals surface area contributed by atoms with Crippen LogP contribution in [0.2, 0.25) is 0 Å². The molecule has 1 N–H and O–H groups in total. The fourth-order valence-corrected chi connectivity index (χ4v) is 3.12. The molecule has 2 heterocycles. The third kappa shape index (κ3) is 5.86. The van der Waals surface area contributed by atoms with Gasteiger partial charge in [-0.15, -0.1) is 24.0 Å². The van der Waals surface area contributed by atoms with E-state index in [0.717, 1.165) is 31.3 Å². The molecule has 1 aromatic carbocycles. The van der Waals surface area contributed by atoms with Crippen molar-refractivity contribution in [2.75, 3.05) is 32.8 Å². The summed E-state index contributed by atoms with van der Waals surface area (Å²) >= 11 is 0. The summed E-state index contributed by atoms with van der Waals surface area (Å²) in [6.45, 7) is 6.20. The third-order valence-corrected chi connectivity index (χ3v) is 4.35. The van der Waals surface area contributed by atoms with Crippen LogP contribution in [-0.2, 0) is 0 Å². The molecule has 1 saturated heterocycles. The number of pyridine rings is 1. The fourth-order valence-electron chi connectivity index (χ4n) is 3.12. The van der Waals surface area contributed by atoms with E-state index in [-0.39, 0.29) is 24.0 Å². The maximum absolute atomic E-state index is 5.67. The standard InChI is InChI=1S/C20H26N4O.HI/c1-2-22-20(23-12-14-25-19-9-6-11-21-15-19)24-13-10-18(16-24)17-7-4-3-5-8-17;/h3-9,11,15,18H,2,10,12-14,16H2,1H3,(H,22,23);1H. The summed E-state index contributed by atoms with van der Waals surface area (Å²) in [5.74, 6) is 2.35. The van der Waals surface area contributed by atoms with Crippen LogP contribution >= 0.6 is 24.0 Å². The number of guanidine groups is 1. The Balaban J connectivity index is 0.00000243. The van der Waals surface area contributed by atoms with Crippen molar-refractivity contribution in [2.24, 2.45) is 4.99 Å². The van der Waals surface area contributed by atoms with Gasteiger partial charge in [0.15, 0.2) is 5.96 Å². The molecule has 140 valence electrons. The molecule has 1 unspecified atom stereocenters. The van der Waals surface area contributed by atoms with E-state index in [2.05, 4.69) is 52.5 Å². The Labute approximate surface area is 172 Å². The van der Waals surface area contributed by atoms with Gasteiger partial charge in [0.05, 0.1) is 12.7 Å². The lowest BCUT2D eigenvalue weighted by molar-refractivity contribution is 0.326. The van der Waals surface area contributed by atoms with Crippen LogP contribution in [0.1, 0.15) is 24.8 Å². The first-order valence-electron chi connectivity index (χ1n) is 8.98. The van der Waals surface area contributed by atoms with Crippen molar-refractivity contribution in [3.63, 3.8) is 0 Å². The molecule has 1 aromatic heterocycles. The smallest absolute Gasteiger partial charge is 0.194 e. The molecule has 0 spiro atoms. The summed E-state index contributed by atoms with van der Waals surface area (Å²) in [5, 5.41) is 3.40. The van der Waals surface area contributed by atoms with E-state index < -0.39 is 0 Å². The zero-order valence-electron chi connectivity index (χ0n) is 15.2. The summed E-state index contributed by atoms with van der Waals surface area (Å²) in [7, 11) is 0. The third-order valence-electron chi connectivity index (χ3n) is 4.35. The molecule has 1 aliphatic heterocycles. The number of benzene rings is 1. The average Bonchev–Trinajstić information content (AvgIpc) is 3.16. The molecule has 1 fully saturated rings. The van der Waals surface area contributed by atoms with Gasteiger partial charge in [0.1, 0.15) is 12.4 Å². The van der Waals surface area contributed by atoms with Crippen molar-refractivity contribution in [1.29, 1.82) is 0 Å². The van der Waals surface area contributed by atoms with Crippen LogP contribution in [0.25, 0.3) is 0 Å². The van der Waals surface area contributed by atoms with Gasteiger partial charge in [-0.05, 0) is 31.0 Å². The Kier molecular flexibility index (Phi) is 8.67. The lowest BCUT2D eigenvalue weighted by atomic mass is 9.99. The quantitative estimate of drug-likeness (QED) is 0.306. The van der Waals surface area contributed by atoms with Gasteiger partial charge in [0.2, 0.25) is 0 Å². The van der Waals surface area contributed by atoms with Gasteiger partial charge in [-0.25, -0.2) is 4.99 Å². The molecule has 0 aliphatic carbocycles. The average molecular weight is 466 g/mol. The predicted molar refractivity (Wildman–Crippen MR) is 116 cm³/mol. The maximum atomic E-state index is 5.67. The number of ether oxygens (including phenoxy) is 1. The second-order valence-electron chi connectivity index (χ2n) is 6.12. The minimum Gasteiger partial charge on any atom is -0.490 e. The number of hydrogen-bond donors (Lipinski definition) is 1. The van der Waals surface area contributed by atoms with Gasteiger partial charge in [0.25, 0.3) is 0 Å². The number of halogens is 1. The highest BCUT2D eigenvalue weighted by molar-refractivity contribution is 14.0. The Morgan fingerprint density at radius 1 is 1.27 bits per heavy atom.